The van der Waals surface area contributed by atoms with Gasteiger partial charge in [-0.15, -0.1) is 0 Å². The second kappa shape index (κ2) is 5.65. The van der Waals surface area contributed by atoms with Gasteiger partial charge in [0.25, 0.3) is 0 Å². The highest BCUT2D eigenvalue weighted by Crippen LogP contribution is 2.31. The predicted molar refractivity (Wildman–Crippen MR) is 74.9 cm³/mol. The maximum absolute atomic E-state index is 5.62. The Bertz CT molecular complexity index is 399. The molecular weight excluding hydrogens is 224 g/mol. The van der Waals surface area contributed by atoms with Gasteiger partial charge in [-0.25, -0.2) is 9.97 Å². The van der Waals surface area contributed by atoms with Crippen LogP contribution >= 0.6 is 0 Å². The van der Waals surface area contributed by atoms with Crippen LogP contribution in [0.3, 0.4) is 0 Å². The molecule has 18 heavy (non-hydrogen) atoms. The predicted octanol–water partition coefficient (Wildman–Crippen LogP) is 2.23. The van der Waals surface area contributed by atoms with Gasteiger partial charge in [0.2, 0.25) is 0 Å². The third kappa shape index (κ3) is 3.19. The normalized spacial score (nSPS) is 15.2. The van der Waals surface area contributed by atoms with E-state index in [1.165, 1.54) is 12.8 Å². The first-order chi connectivity index (χ1) is 8.61. The van der Waals surface area contributed by atoms with E-state index >= 15 is 0 Å². The van der Waals surface area contributed by atoms with Gasteiger partial charge in [0.05, 0.1) is 0 Å². The monoisotopic (exact) mass is 248 g/mol. The van der Waals surface area contributed by atoms with Crippen LogP contribution in [0.1, 0.15) is 50.5 Å². The second-order valence-corrected chi connectivity index (χ2v) is 5.45. The van der Waals surface area contributed by atoms with Crippen molar-refractivity contribution in [1.29, 1.82) is 0 Å². The van der Waals surface area contributed by atoms with Crippen LogP contribution in [-0.2, 0) is 0 Å². The molecule has 4 nitrogen and oxygen atoms in total. The number of nitrogens with zero attached hydrogens (tertiary/aromatic N) is 3. The summed E-state index contributed by atoms with van der Waals surface area (Å²) in [4.78, 5) is 11.6. The zero-order chi connectivity index (χ0) is 13.1. The summed E-state index contributed by atoms with van der Waals surface area (Å²) in [6, 6.07) is 2.77. The highest BCUT2D eigenvalue weighted by molar-refractivity contribution is 5.42. The molecule has 2 N–H and O–H groups in total. The fraction of sp³-hybridized carbons (Fsp3) is 0.714. The Morgan fingerprint density at radius 2 is 2.11 bits per heavy atom. The summed E-state index contributed by atoms with van der Waals surface area (Å²) in [6.07, 6.45) is 3.59. The molecule has 0 aromatic carbocycles. The summed E-state index contributed by atoms with van der Waals surface area (Å²) in [5.41, 5.74) is 6.68. The molecule has 0 atom stereocenters. The van der Waals surface area contributed by atoms with E-state index < -0.39 is 0 Å². The third-order valence-electron chi connectivity index (χ3n) is 3.26. The van der Waals surface area contributed by atoms with Crippen molar-refractivity contribution >= 4 is 5.82 Å². The van der Waals surface area contributed by atoms with Crippen LogP contribution in [0.15, 0.2) is 6.07 Å². The number of anilines is 1. The molecule has 0 radical (unpaired) electrons. The number of aryl methyl sites for hydroxylation is 1. The minimum atomic E-state index is 0.374. The Morgan fingerprint density at radius 1 is 1.39 bits per heavy atom. The molecule has 1 aromatic heterocycles. The standard InChI is InChI=1S/C14H24N4/c1-10(2)14-16-11(3)9-13(17-14)18(8-4-7-15)12-5-6-12/h9-10,12H,4-8,15H2,1-3H3. The van der Waals surface area contributed by atoms with Crippen LogP contribution in [0, 0.1) is 6.92 Å². The average Bonchev–Trinajstić information content (AvgIpc) is 3.13. The van der Waals surface area contributed by atoms with Crippen LogP contribution in [0.2, 0.25) is 0 Å². The van der Waals surface area contributed by atoms with Gasteiger partial charge >= 0.3 is 0 Å². The number of aromatic nitrogens is 2. The average molecular weight is 248 g/mol. The molecule has 1 saturated carbocycles. The maximum Gasteiger partial charge on any atom is 0.133 e. The Hall–Kier alpha value is -1.16. The van der Waals surface area contributed by atoms with Crippen LogP contribution in [-0.4, -0.2) is 29.1 Å². The first-order valence-electron chi connectivity index (χ1n) is 6.94. The van der Waals surface area contributed by atoms with Gasteiger partial charge in [-0.3, -0.25) is 0 Å². The lowest BCUT2D eigenvalue weighted by molar-refractivity contribution is 0.702. The smallest absolute Gasteiger partial charge is 0.133 e. The Kier molecular flexibility index (Phi) is 4.17. The van der Waals surface area contributed by atoms with Gasteiger partial charge in [0.1, 0.15) is 11.6 Å². The van der Waals surface area contributed by atoms with E-state index in [0.29, 0.717) is 12.0 Å². The summed E-state index contributed by atoms with van der Waals surface area (Å²) in [5.74, 6) is 2.41. The maximum atomic E-state index is 5.62. The van der Waals surface area contributed by atoms with Gasteiger partial charge in [0.15, 0.2) is 0 Å². The van der Waals surface area contributed by atoms with Crippen molar-refractivity contribution in [3.63, 3.8) is 0 Å². The van der Waals surface area contributed by atoms with Gasteiger partial charge in [0, 0.05) is 30.3 Å². The molecular formula is C14H24N4. The highest BCUT2D eigenvalue weighted by atomic mass is 15.2. The van der Waals surface area contributed by atoms with Crippen molar-refractivity contribution in [3.05, 3.63) is 17.6 Å². The molecule has 0 unspecified atom stereocenters. The van der Waals surface area contributed by atoms with E-state index in [0.717, 1.165) is 36.8 Å². The van der Waals surface area contributed by atoms with E-state index in [4.69, 9.17) is 10.7 Å². The van der Waals surface area contributed by atoms with Crippen molar-refractivity contribution in [2.24, 2.45) is 5.73 Å². The van der Waals surface area contributed by atoms with Crippen molar-refractivity contribution in [2.75, 3.05) is 18.0 Å². The molecule has 0 saturated heterocycles. The molecule has 1 fully saturated rings. The van der Waals surface area contributed by atoms with Crippen LogP contribution in [0.25, 0.3) is 0 Å². The van der Waals surface area contributed by atoms with Gasteiger partial charge < -0.3 is 10.6 Å². The lowest BCUT2D eigenvalue weighted by Gasteiger charge is -2.24. The number of hydrogen-bond acceptors (Lipinski definition) is 4. The fourth-order valence-corrected chi connectivity index (χ4v) is 2.11. The fourth-order valence-electron chi connectivity index (χ4n) is 2.11. The summed E-state index contributed by atoms with van der Waals surface area (Å²) in [5, 5.41) is 0. The Labute approximate surface area is 110 Å². The van der Waals surface area contributed by atoms with Gasteiger partial charge in [-0.05, 0) is 32.7 Å². The van der Waals surface area contributed by atoms with E-state index in [2.05, 4.69) is 29.8 Å². The van der Waals surface area contributed by atoms with Crippen molar-refractivity contribution in [3.8, 4) is 0 Å². The SMILES string of the molecule is Cc1cc(N(CCCN)C2CC2)nc(C(C)C)n1. The van der Waals surface area contributed by atoms with E-state index in [1.54, 1.807) is 0 Å². The number of rotatable bonds is 6. The first kappa shape index (κ1) is 13.3. The molecule has 4 heteroatoms. The Balaban J connectivity index is 2.23. The molecule has 1 aliphatic carbocycles. The molecule has 0 aliphatic heterocycles. The van der Waals surface area contributed by atoms with Crippen molar-refractivity contribution in [2.45, 2.75) is 52.0 Å². The second-order valence-electron chi connectivity index (χ2n) is 5.45. The first-order valence-corrected chi connectivity index (χ1v) is 6.94. The lowest BCUT2D eigenvalue weighted by atomic mass is 10.2. The third-order valence-corrected chi connectivity index (χ3v) is 3.26. The van der Waals surface area contributed by atoms with Crippen LogP contribution < -0.4 is 10.6 Å². The van der Waals surface area contributed by atoms with Crippen molar-refractivity contribution in [1.82, 2.24) is 9.97 Å². The largest absolute Gasteiger partial charge is 0.353 e. The topological polar surface area (TPSA) is 55.0 Å². The summed E-state index contributed by atoms with van der Waals surface area (Å²) < 4.78 is 0. The van der Waals surface area contributed by atoms with E-state index in [1.807, 2.05) is 6.92 Å². The van der Waals surface area contributed by atoms with Crippen molar-refractivity contribution < 1.29 is 0 Å². The summed E-state index contributed by atoms with van der Waals surface area (Å²) in [7, 11) is 0. The highest BCUT2D eigenvalue weighted by Gasteiger charge is 2.30. The molecule has 1 aliphatic rings. The van der Waals surface area contributed by atoms with Crippen LogP contribution in [0.5, 0.6) is 0 Å². The van der Waals surface area contributed by atoms with E-state index in [9.17, 15) is 0 Å². The number of hydrogen-bond donors (Lipinski definition) is 1. The molecule has 0 bridgehead atoms. The summed E-state index contributed by atoms with van der Waals surface area (Å²) in [6.45, 7) is 8.07. The van der Waals surface area contributed by atoms with Crippen LogP contribution in [0.4, 0.5) is 5.82 Å². The molecule has 2 rings (SSSR count). The van der Waals surface area contributed by atoms with E-state index in [-0.39, 0.29) is 0 Å². The quantitative estimate of drug-likeness (QED) is 0.838. The Morgan fingerprint density at radius 3 is 2.67 bits per heavy atom. The molecule has 1 aromatic rings. The minimum Gasteiger partial charge on any atom is -0.353 e. The van der Waals surface area contributed by atoms with Gasteiger partial charge in [-0.2, -0.15) is 0 Å². The summed E-state index contributed by atoms with van der Waals surface area (Å²) >= 11 is 0. The molecule has 0 spiro atoms. The lowest BCUT2D eigenvalue weighted by Crippen LogP contribution is -2.29. The zero-order valence-corrected chi connectivity index (χ0v) is 11.7. The molecule has 0 amide bonds. The number of nitrogens with two attached hydrogens (primary N) is 1. The molecule has 1 heterocycles. The van der Waals surface area contributed by atoms with Gasteiger partial charge in [-0.1, -0.05) is 13.8 Å². The zero-order valence-electron chi connectivity index (χ0n) is 11.7. The minimum absolute atomic E-state index is 0.374. The molecule has 100 valence electrons.